The zero-order chi connectivity index (χ0) is 57.7. The van der Waals surface area contributed by atoms with E-state index in [1.807, 2.05) is 0 Å². The second kappa shape index (κ2) is 54.1. The van der Waals surface area contributed by atoms with E-state index in [0.717, 1.165) is 64.2 Å². The number of carbonyl (C=O) groups excluding carboxylic acids is 3. The van der Waals surface area contributed by atoms with Gasteiger partial charge in [-0.1, -0.05) is 303 Å². The molecule has 0 aromatic rings. The van der Waals surface area contributed by atoms with Crippen molar-refractivity contribution >= 4 is 28.0 Å². The van der Waals surface area contributed by atoms with Crippen molar-refractivity contribution in [3.05, 3.63) is 0 Å². The van der Waals surface area contributed by atoms with E-state index in [1.54, 1.807) is 0 Å². The molecule has 0 aromatic heterocycles. The highest BCUT2D eigenvalue weighted by Crippen LogP contribution is 2.27. The Morgan fingerprint density at radius 1 is 0.405 bits per heavy atom. The van der Waals surface area contributed by atoms with E-state index >= 15 is 0 Å². The molecular weight excluding hydrogens is 1020 g/mol. The molecule has 1 aliphatic heterocycles. The van der Waals surface area contributed by atoms with E-state index in [9.17, 15) is 37.6 Å². The molecular formula is C65H124O13S. The van der Waals surface area contributed by atoms with Gasteiger partial charge >= 0.3 is 17.9 Å². The van der Waals surface area contributed by atoms with E-state index in [4.69, 9.17) is 23.7 Å². The SMILES string of the molecule is CCCCCCCCCCCCCCCCCCCC(=O)OCC(CO[C@H]1O[C@H](CS(=O)(=O)O)[C@@H](O)[C@H](O)[C@H]1OC(=O)CCCCCCCCCCCCCCCCCCC)OC(=O)CCCCCCCCCCCCCCC. The minimum Gasteiger partial charge on any atom is -0.462 e. The maximum atomic E-state index is 13.2. The molecule has 0 spiro atoms. The number of hydrogen-bond acceptors (Lipinski definition) is 12. The fourth-order valence-corrected chi connectivity index (χ4v) is 11.5. The van der Waals surface area contributed by atoms with Gasteiger partial charge in [-0.25, -0.2) is 0 Å². The van der Waals surface area contributed by atoms with Gasteiger partial charge < -0.3 is 33.9 Å². The normalized spacial score (nSPS) is 18.0. The molecule has 468 valence electrons. The Labute approximate surface area is 484 Å². The minimum absolute atomic E-state index is 0.0495. The first kappa shape index (κ1) is 75.2. The number of aliphatic hydroxyl groups is 2. The van der Waals surface area contributed by atoms with Crippen molar-refractivity contribution in [2.75, 3.05) is 19.0 Å². The van der Waals surface area contributed by atoms with Crippen LogP contribution in [0.1, 0.15) is 342 Å². The summed E-state index contributed by atoms with van der Waals surface area (Å²) in [4.78, 5) is 39.4. The summed E-state index contributed by atoms with van der Waals surface area (Å²) in [7, 11) is -4.68. The Morgan fingerprint density at radius 2 is 0.696 bits per heavy atom. The third-order valence-corrected chi connectivity index (χ3v) is 16.7. The number of aliphatic hydroxyl groups excluding tert-OH is 2. The number of rotatable bonds is 59. The van der Waals surface area contributed by atoms with Crippen molar-refractivity contribution in [1.82, 2.24) is 0 Å². The van der Waals surface area contributed by atoms with Crippen LogP contribution in [0.4, 0.5) is 0 Å². The van der Waals surface area contributed by atoms with E-state index in [0.29, 0.717) is 19.3 Å². The Hall–Kier alpha value is -1.84. The van der Waals surface area contributed by atoms with Crippen molar-refractivity contribution < 1.29 is 61.3 Å². The van der Waals surface area contributed by atoms with Gasteiger partial charge in [0.05, 0.1) is 6.61 Å². The van der Waals surface area contributed by atoms with Crippen LogP contribution in [0.3, 0.4) is 0 Å². The predicted molar refractivity (Wildman–Crippen MR) is 322 cm³/mol. The first-order chi connectivity index (χ1) is 38.4. The molecule has 1 heterocycles. The largest absolute Gasteiger partial charge is 0.462 e. The van der Waals surface area contributed by atoms with Gasteiger partial charge in [0.1, 0.15) is 30.7 Å². The van der Waals surface area contributed by atoms with Crippen LogP contribution in [0.2, 0.25) is 0 Å². The quantitative estimate of drug-likeness (QED) is 0.0226. The van der Waals surface area contributed by atoms with Gasteiger partial charge in [0.2, 0.25) is 0 Å². The molecule has 1 unspecified atom stereocenters. The Bertz CT molecular complexity index is 1500. The molecule has 79 heavy (non-hydrogen) atoms. The second-order valence-corrected chi connectivity index (χ2v) is 25.2. The average molecular weight is 1150 g/mol. The fourth-order valence-electron chi connectivity index (χ4n) is 10.8. The van der Waals surface area contributed by atoms with Crippen LogP contribution in [-0.2, 0) is 48.2 Å². The highest BCUT2D eigenvalue weighted by atomic mass is 32.2. The van der Waals surface area contributed by atoms with Crippen molar-refractivity contribution in [2.45, 2.75) is 379 Å². The molecule has 0 amide bonds. The van der Waals surface area contributed by atoms with Gasteiger partial charge in [0.15, 0.2) is 18.5 Å². The molecule has 0 radical (unpaired) electrons. The van der Waals surface area contributed by atoms with Crippen LogP contribution in [0.5, 0.6) is 0 Å². The third-order valence-electron chi connectivity index (χ3n) is 15.9. The molecule has 0 bridgehead atoms. The van der Waals surface area contributed by atoms with E-state index in [2.05, 4.69) is 20.8 Å². The van der Waals surface area contributed by atoms with Crippen LogP contribution in [0.15, 0.2) is 0 Å². The molecule has 13 nitrogen and oxygen atoms in total. The summed E-state index contributed by atoms with van der Waals surface area (Å²) in [6.07, 6.45) is 47.5. The van der Waals surface area contributed by atoms with Gasteiger partial charge in [-0.3, -0.25) is 18.9 Å². The maximum Gasteiger partial charge on any atom is 0.306 e. The molecule has 1 aliphatic rings. The molecule has 0 saturated carbocycles. The molecule has 3 N–H and O–H groups in total. The zero-order valence-corrected chi connectivity index (χ0v) is 52.1. The smallest absolute Gasteiger partial charge is 0.306 e. The van der Waals surface area contributed by atoms with Crippen LogP contribution < -0.4 is 0 Å². The lowest BCUT2D eigenvalue weighted by atomic mass is 9.99. The van der Waals surface area contributed by atoms with Crippen LogP contribution in [0, 0.1) is 0 Å². The topological polar surface area (TPSA) is 192 Å². The lowest BCUT2D eigenvalue weighted by Crippen LogP contribution is -2.61. The van der Waals surface area contributed by atoms with Crippen LogP contribution in [-0.4, -0.2) is 96.9 Å². The van der Waals surface area contributed by atoms with Gasteiger partial charge in [-0.2, -0.15) is 8.42 Å². The molecule has 1 saturated heterocycles. The number of unbranched alkanes of at least 4 members (excludes halogenated alkanes) is 44. The van der Waals surface area contributed by atoms with Gasteiger partial charge in [0, 0.05) is 19.3 Å². The first-order valence-corrected chi connectivity index (χ1v) is 35.2. The number of ether oxygens (including phenoxy) is 5. The highest BCUT2D eigenvalue weighted by Gasteiger charge is 2.48. The van der Waals surface area contributed by atoms with Gasteiger partial charge in [0.25, 0.3) is 10.1 Å². The summed E-state index contributed by atoms with van der Waals surface area (Å²) in [5, 5.41) is 22.1. The monoisotopic (exact) mass is 1140 g/mol. The summed E-state index contributed by atoms with van der Waals surface area (Å²) in [6, 6.07) is 0. The summed E-state index contributed by atoms with van der Waals surface area (Å²) in [5.74, 6) is -2.64. The Balaban J connectivity index is 2.69. The highest BCUT2D eigenvalue weighted by molar-refractivity contribution is 7.85. The van der Waals surface area contributed by atoms with E-state index in [-0.39, 0.29) is 25.9 Å². The standard InChI is InChI=1S/C65H124O13S/c1-4-7-10-13-16-19-22-25-27-29-31-34-36-39-42-45-48-51-59(66)74-54-57(76-60(67)52-49-46-43-40-37-33-24-21-18-15-12-9-6-3)55-75-65-64(63(70)62(69)58(77-65)56-79(71,72)73)78-61(68)53-50-47-44-41-38-35-32-30-28-26-23-20-17-14-11-8-5-2/h57-58,62-65,69-70H,4-56H2,1-3H3,(H,71,72,73)/t57?,58-,62-,63+,64-,65+/m1/s1. The first-order valence-electron chi connectivity index (χ1n) is 33.5. The number of hydrogen-bond donors (Lipinski definition) is 3. The van der Waals surface area contributed by atoms with Crippen molar-refractivity contribution in [3.8, 4) is 0 Å². The number of esters is 3. The molecule has 14 heteroatoms. The molecule has 0 aromatic carbocycles. The second-order valence-electron chi connectivity index (χ2n) is 23.7. The predicted octanol–water partition coefficient (Wildman–Crippen LogP) is 17.3. The Morgan fingerprint density at radius 3 is 1.01 bits per heavy atom. The summed E-state index contributed by atoms with van der Waals surface area (Å²) >= 11 is 0. The zero-order valence-electron chi connectivity index (χ0n) is 51.3. The molecule has 0 aliphatic carbocycles. The summed E-state index contributed by atoms with van der Waals surface area (Å²) in [6.45, 7) is 6.01. The Kier molecular flexibility index (Phi) is 51.5. The minimum atomic E-state index is -4.68. The van der Waals surface area contributed by atoms with E-state index < -0.39 is 77.2 Å². The summed E-state index contributed by atoms with van der Waals surface area (Å²) < 4.78 is 62.3. The maximum absolute atomic E-state index is 13.2. The van der Waals surface area contributed by atoms with Crippen molar-refractivity contribution in [1.29, 1.82) is 0 Å². The molecule has 1 rings (SSSR count). The fraction of sp³-hybridized carbons (Fsp3) is 0.954. The van der Waals surface area contributed by atoms with Crippen LogP contribution in [0.25, 0.3) is 0 Å². The van der Waals surface area contributed by atoms with Gasteiger partial charge in [-0.15, -0.1) is 0 Å². The van der Waals surface area contributed by atoms with Crippen molar-refractivity contribution in [3.63, 3.8) is 0 Å². The van der Waals surface area contributed by atoms with E-state index in [1.165, 1.54) is 218 Å². The van der Waals surface area contributed by atoms with Gasteiger partial charge in [-0.05, 0) is 19.3 Å². The summed E-state index contributed by atoms with van der Waals surface area (Å²) in [5.41, 5.74) is 0. The van der Waals surface area contributed by atoms with Crippen LogP contribution >= 0.6 is 0 Å². The lowest BCUT2D eigenvalue weighted by Gasteiger charge is -2.41. The average Bonchev–Trinajstić information content (AvgIpc) is 3.45. The molecule has 6 atom stereocenters. The third kappa shape index (κ3) is 47.2. The number of carbonyl (C=O) groups is 3. The van der Waals surface area contributed by atoms with Crippen molar-refractivity contribution in [2.24, 2.45) is 0 Å². The lowest BCUT2D eigenvalue weighted by molar-refractivity contribution is -0.300. The molecule has 1 fully saturated rings.